The van der Waals surface area contributed by atoms with Crippen molar-refractivity contribution in [3.8, 4) is 5.75 Å². The molecule has 0 fully saturated rings. The van der Waals surface area contributed by atoms with E-state index in [9.17, 15) is 34.2 Å². The maximum Gasteiger partial charge on any atom is 0.326 e. The standard InChI is InChI=1S/C25H38N4O8/c1-13(2)9-18(23(34)29-20(25(36)37)10-14(3)4)28-24(35)19(11-15-5-7-16(30)8-6-15)27-22(33)17(26)12-21(31)32/h5-8,13-14,17-20,30H,9-12,26H2,1-4H3,(H,27,33)(H,28,35)(H,29,34)(H,31,32)(H,36,37). The van der Waals surface area contributed by atoms with E-state index in [1.165, 1.54) is 12.1 Å². The van der Waals surface area contributed by atoms with Gasteiger partial charge >= 0.3 is 11.9 Å². The van der Waals surface area contributed by atoms with Crippen molar-refractivity contribution in [2.24, 2.45) is 17.6 Å². The molecule has 37 heavy (non-hydrogen) atoms. The third kappa shape index (κ3) is 11.7. The van der Waals surface area contributed by atoms with Crippen LogP contribution in [0.15, 0.2) is 24.3 Å². The van der Waals surface area contributed by atoms with Gasteiger partial charge in [-0.2, -0.15) is 0 Å². The smallest absolute Gasteiger partial charge is 0.326 e. The van der Waals surface area contributed by atoms with Gasteiger partial charge in [-0.15, -0.1) is 0 Å². The third-order valence-electron chi connectivity index (χ3n) is 5.40. The van der Waals surface area contributed by atoms with Crippen molar-refractivity contribution in [2.45, 2.75) is 77.5 Å². The summed E-state index contributed by atoms with van der Waals surface area (Å²) in [5.41, 5.74) is 6.21. The van der Waals surface area contributed by atoms with Crippen molar-refractivity contribution < 1.29 is 39.3 Å². The van der Waals surface area contributed by atoms with Crippen LogP contribution in [0.1, 0.15) is 52.5 Å². The topological polar surface area (TPSA) is 208 Å². The molecular formula is C25H38N4O8. The van der Waals surface area contributed by atoms with Crippen LogP contribution in [0.25, 0.3) is 0 Å². The molecule has 0 aliphatic carbocycles. The highest BCUT2D eigenvalue weighted by Gasteiger charge is 2.31. The molecule has 1 rings (SSSR count). The molecule has 0 aliphatic heterocycles. The summed E-state index contributed by atoms with van der Waals surface area (Å²) in [7, 11) is 0. The van der Waals surface area contributed by atoms with Gasteiger partial charge in [-0.3, -0.25) is 19.2 Å². The second kappa shape index (κ2) is 14.8. The summed E-state index contributed by atoms with van der Waals surface area (Å²) in [4.78, 5) is 61.3. The average molecular weight is 523 g/mol. The van der Waals surface area contributed by atoms with Crippen LogP contribution >= 0.6 is 0 Å². The van der Waals surface area contributed by atoms with Gasteiger partial charge in [0.1, 0.15) is 23.9 Å². The normalized spacial score (nSPS) is 14.4. The van der Waals surface area contributed by atoms with Crippen LogP contribution in [0.3, 0.4) is 0 Å². The molecule has 1 aromatic rings. The fourth-order valence-corrected chi connectivity index (χ4v) is 3.58. The van der Waals surface area contributed by atoms with Crippen molar-refractivity contribution in [3.63, 3.8) is 0 Å². The van der Waals surface area contributed by atoms with Gasteiger partial charge in [0.25, 0.3) is 0 Å². The summed E-state index contributed by atoms with van der Waals surface area (Å²) >= 11 is 0. The summed E-state index contributed by atoms with van der Waals surface area (Å²) in [6.07, 6.45) is -0.294. The van der Waals surface area contributed by atoms with Crippen LogP contribution in [0, 0.1) is 11.8 Å². The number of hydrogen-bond acceptors (Lipinski definition) is 7. The Bertz CT molecular complexity index is 949. The first-order chi connectivity index (χ1) is 17.2. The van der Waals surface area contributed by atoms with E-state index in [1.54, 1.807) is 12.1 Å². The number of amides is 3. The molecule has 12 nitrogen and oxygen atoms in total. The second-order valence-corrected chi connectivity index (χ2v) is 9.86. The molecule has 4 unspecified atom stereocenters. The van der Waals surface area contributed by atoms with Gasteiger partial charge in [-0.1, -0.05) is 39.8 Å². The number of nitrogens with two attached hydrogens (primary N) is 1. The first-order valence-electron chi connectivity index (χ1n) is 12.1. The van der Waals surface area contributed by atoms with Crippen molar-refractivity contribution >= 4 is 29.7 Å². The number of rotatable bonds is 15. The highest BCUT2D eigenvalue weighted by Crippen LogP contribution is 2.13. The van der Waals surface area contributed by atoms with E-state index >= 15 is 0 Å². The van der Waals surface area contributed by atoms with E-state index in [1.807, 2.05) is 27.7 Å². The third-order valence-corrected chi connectivity index (χ3v) is 5.40. The zero-order chi connectivity index (χ0) is 28.3. The molecule has 0 saturated heterocycles. The molecule has 0 heterocycles. The van der Waals surface area contributed by atoms with Gasteiger partial charge in [0, 0.05) is 6.42 Å². The van der Waals surface area contributed by atoms with Crippen molar-refractivity contribution in [1.29, 1.82) is 0 Å². The molecule has 8 N–H and O–H groups in total. The Morgan fingerprint density at radius 2 is 1.22 bits per heavy atom. The summed E-state index contributed by atoms with van der Waals surface area (Å²) in [6.45, 7) is 7.30. The molecule has 1 aromatic carbocycles. The van der Waals surface area contributed by atoms with E-state index in [2.05, 4.69) is 16.0 Å². The van der Waals surface area contributed by atoms with Crippen LogP contribution in [0.4, 0.5) is 0 Å². The van der Waals surface area contributed by atoms with Gasteiger partial charge in [0.15, 0.2) is 0 Å². The number of phenolic OH excluding ortho intramolecular Hbond substituents is 1. The van der Waals surface area contributed by atoms with Crippen LogP contribution < -0.4 is 21.7 Å². The number of benzene rings is 1. The zero-order valence-corrected chi connectivity index (χ0v) is 21.6. The molecule has 0 aromatic heterocycles. The molecule has 4 atom stereocenters. The summed E-state index contributed by atoms with van der Waals surface area (Å²) in [5, 5.41) is 35.4. The monoisotopic (exact) mass is 522 g/mol. The Balaban J connectivity index is 3.15. The molecule has 0 spiro atoms. The van der Waals surface area contributed by atoms with E-state index in [0.29, 0.717) is 5.56 Å². The quantitative estimate of drug-likeness (QED) is 0.169. The highest BCUT2D eigenvalue weighted by atomic mass is 16.4. The lowest BCUT2D eigenvalue weighted by Crippen LogP contribution is -2.58. The lowest BCUT2D eigenvalue weighted by molar-refractivity contribution is -0.143. The first kappa shape index (κ1) is 31.4. The van der Waals surface area contributed by atoms with E-state index < -0.39 is 60.2 Å². The van der Waals surface area contributed by atoms with Crippen LogP contribution in [0.5, 0.6) is 5.75 Å². The minimum absolute atomic E-state index is 0.000295. The van der Waals surface area contributed by atoms with Crippen LogP contribution in [-0.2, 0) is 30.4 Å². The largest absolute Gasteiger partial charge is 0.508 e. The molecule has 3 amide bonds. The molecule has 206 valence electrons. The highest BCUT2D eigenvalue weighted by molar-refractivity contribution is 5.94. The second-order valence-electron chi connectivity index (χ2n) is 9.86. The fraction of sp³-hybridized carbons (Fsp3) is 0.560. The summed E-state index contributed by atoms with van der Waals surface area (Å²) < 4.78 is 0. The Kier molecular flexibility index (Phi) is 12.5. The van der Waals surface area contributed by atoms with Gasteiger partial charge < -0.3 is 37.0 Å². The number of carbonyl (C=O) groups excluding carboxylic acids is 3. The van der Waals surface area contributed by atoms with Crippen molar-refractivity contribution in [3.05, 3.63) is 29.8 Å². The average Bonchev–Trinajstić information content (AvgIpc) is 2.77. The van der Waals surface area contributed by atoms with Crippen LogP contribution in [-0.4, -0.2) is 69.1 Å². The summed E-state index contributed by atoms with van der Waals surface area (Å²) in [6, 6.07) is 1.02. The lowest BCUT2D eigenvalue weighted by Gasteiger charge is -2.26. The first-order valence-corrected chi connectivity index (χ1v) is 12.1. The molecule has 0 saturated carbocycles. The van der Waals surface area contributed by atoms with E-state index in [4.69, 9.17) is 10.8 Å². The fourth-order valence-electron chi connectivity index (χ4n) is 3.58. The van der Waals surface area contributed by atoms with Crippen molar-refractivity contribution in [1.82, 2.24) is 16.0 Å². The Hall–Kier alpha value is -3.67. The maximum absolute atomic E-state index is 13.3. The number of aliphatic carboxylic acids is 2. The number of carboxylic acid groups (broad SMARTS) is 2. The number of aromatic hydroxyl groups is 1. The van der Waals surface area contributed by atoms with E-state index in [0.717, 1.165) is 0 Å². The predicted octanol–water partition coefficient (Wildman–Crippen LogP) is 0.368. The number of carboxylic acids is 2. The van der Waals surface area contributed by atoms with Gasteiger partial charge in [-0.05, 0) is 42.4 Å². The SMILES string of the molecule is CC(C)CC(NC(=O)C(CC(C)C)NC(=O)C(Cc1ccc(O)cc1)NC(=O)C(N)CC(=O)O)C(=O)O. The molecule has 0 aliphatic rings. The zero-order valence-electron chi connectivity index (χ0n) is 21.6. The van der Waals surface area contributed by atoms with Crippen LogP contribution in [0.2, 0.25) is 0 Å². The minimum atomic E-state index is -1.41. The number of hydrogen-bond donors (Lipinski definition) is 7. The number of nitrogens with one attached hydrogen (secondary N) is 3. The number of phenols is 1. The number of carbonyl (C=O) groups is 5. The Morgan fingerprint density at radius 1 is 0.757 bits per heavy atom. The summed E-state index contributed by atoms with van der Waals surface area (Å²) in [5.74, 6) is -4.80. The molecule has 12 heteroatoms. The predicted molar refractivity (Wildman–Crippen MR) is 134 cm³/mol. The Morgan fingerprint density at radius 3 is 1.70 bits per heavy atom. The molecule has 0 radical (unpaired) electrons. The van der Waals surface area contributed by atoms with Gasteiger partial charge in [0.05, 0.1) is 12.5 Å². The van der Waals surface area contributed by atoms with Gasteiger partial charge in [-0.25, -0.2) is 4.79 Å². The Labute approximate surface area is 216 Å². The van der Waals surface area contributed by atoms with E-state index in [-0.39, 0.29) is 36.8 Å². The van der Waals surface area contributed by atoms with Gasteiger partial charge in [0.2, 0.25) is 17.7 Å². The van der Waals surface area contributed by atoms with Crippen molar-refractivity contribution in [2.75, 3.05) is 0 Å². The minimum Gasteiger partial charge on any atom is -0.508 e. The lowest BCUT2D eigenvalue weighted by atomic mass is 9.99. The maximum atomic E-state index is 13.3. The molecule has 0 bridgehead atoms. The molecular weight excluding hydrogens is 484 g/mol.